The van der Waals surface area contributed by atoms with Crippen LogP contribution in [0.15, 0.2) is 52.9 Å². The normalized spacial score (nSPS) is 13.2. The quantitative estimate of drug-likeness (QED) is 0.549. The summed E-state index contributed by atoms with van der Waals surface area (Å²) in [5.74, 6) is 0.738. The van der Waals surface area contributed by atoms with Crippen LogP contribution in [0, 0.1) is 0 Å². The fourth-order valence-corrected chi connectivity index (χ4v) is 3.68. The van der Waals surface area contributed by atoms with E-state index in [0.717, 1.165) is 27.5 Å². The summed E-state index contributed by atoms with van der Waals surface area (Å²) in [5, 5.41) is 1.12. The van der Waals surface area contributed by atoms with Crippen LogP contribution < -0.4 is 0 Å². The fraction of sp³-hybridized carbons (Fsp3) is 0.222. The van der Waals surface area contributed by atoms with Crippen LogP contribution in [0.25, 0.3) is 21.3 Å². The van der Waals surface area contributed by atoms with Crippen LogP contribution in [0.2, 0.25) is 0 Å². The van der Waals surface area contributed by atoms with Crippen LogP contribution >= 0.6 is 11.3 Å². The van der Waals surface area contributed by atoms with Gasteiger partial charge in [0.25, 0.3) is 0 Å². The first-order chi connectivity index (χ1) is 11.2. The summed E-state index contributed by atoms with van der Waals surface area (Å²) >= 11 is 1.75. The van der Waals surface area contributed by atoms with Gasteiger partial charge in [0.2, 0.25) is 5.89 Å². The van der Waals surface area contributed by atoms with Crippen molar-refractivity contribution in [2.45, 2.75) is 19.5 Å². The molecule has 0 unspecified atom stereocenters. The van der Waals surface area contributed by atoms with Gasteiger partial charge in [-0.3, -0.25) is 4.90 Å². The Morgan fingerprint density at radius 2 is 1.78 bits per heavy atom. The molecule has 5 heteroatoms. The second kappa shape index (κ2) is 5.76. The molecule has 2 heterocycles. The summed E-state index contributed by atoms with van der Waals surface area (Å²) in [6.07, 6.45) is 0. The SMILES string of the molecule is C[C@H](c1nc2ccccc2s1)N(C)Cc1nc2ccccc2o1. The number of para-hydroxylation sites is 3. The predicted octanol–water partition coefficient (Wildman–Crippen LogP) is 4.63. The number of hydrogen-bond acceptors (Lipinski definition) is 5. The van der Waals surface area contributed by atoms with E-state index < -0.39 is 0 Å². The van der Waals surface area contributed by atoms with Gasteiger partial charge in [-0.1, -0.05) is 24.3 Å². The lowest BCUT2D eigenvalue weighted by Gasteiger charge is -2.20. The third kappa shape index (κ3) is 2.73. The Hall–Kier alpha value is -2.24. The van der Waals surface area contributed by atoms with Crippen molar-refractivity contribution in [2.24, 2.45) is 0 Å². The first-order valence-electron chi connectivity index (χ1n) is 7.61. The maximum atomic E-state index is 5.81. The molecule has 0 saturated carbocycles. The number of nitrogens with zero attached hydrogens (tertiary/aromatic N) is 3. The average Bonchev–Trinajstić information content (AvgIpc) is 3.16. The van der Waals surface area contributed by atoms with Crippen molar-refractivity contribution in [1.82, 2.24) is 14.9 Å². The Balaban J connectivity index is 1.56. The molecule has 0 bridgehead atoms. The second-order valence-corrected chi connectivity index (χ2v) is 6.75. The topological polar surface area (TPSA) is 42.2 Å². The third-order valence-corrected chi connectivity index (χ3v) is 5.26. The molecule has 4 rings (SSSR count). The average molecular weight is 323 g/mol. The van der Waals surface area contributed by atoms with Crippen molar-refractivity contribution in [2.75, 3.05) is 7.05 Å². The highest BCUT2D eigenvalue weighted by molar-refractivity contribution is 7.18. The zero-order valence-electron chi connectivity index (χ0n) is 13.1. The van der Waals surface area contributed by atoms with Gasteiger partial charge in [0, 0.05) is 0 Å². The smallest absolute Gasteiger partial charge is 0.209 e. The molecule has 4 nitrogen and oxygen atoms in total. The molecule has 0 radical (unpaired) electrons. The molecule has 0 saturated heterocycles. The molecule has 23 heavy (non-hydrogen) atoms. The molecular formula is C18H17N3OS. The lowest BCUT2D eigenvalue weighted by Crippen LogP contribution is -2.21. The lowest BCUT2D eigenvalue weighted by molar-refractivity contribution is 0.230. The maximum absolute atomic E-state index is 5.81. The standard InChI is InChI=1S/C18H17N3OS/c1-12(18-20-14-8-4-6-10-16(14)23-18)21(2)11-17-19-13-7-3-5-9-15(13)22-17/h3-10,12H,11H2,1-2H3/t12-/m1/s1. The molecule has 4 aromatic rings. The Morgan fingerprint density at radius 1 is 1.04 bits per heavy atom. The fourth-order valence-electron chi connectivity index (χ4n) is 2.60. The molecule has 2 aromatic carbocycles. The summed E-state index contributed by atoms with van der Waals surface area (Å²) in [6.45, 7) is 2.83. The van der Waals surface area contributed by atoms with Crippen LogP contribution in [-0.2, 0) is 6.54 Å². The number of thiazole rings is 1. The first-order valence-corrected chi connectivity index (χ1v) is 8.42. The molecule has 0 aliphatic rings. The molecule has 0 aliphatic heterocycles. The van der Waals surface area contributed by atoms with Crippen molar-refractivity contribution < 1.29 is 4.42 Å². The Kier molecular flexibility index (Phi) is 3.59. The molecule has 0 fully saturated rings. The van der Waals surface area contributed by atoms with Crippen LogP contribution in [0.4, 0.5) is 0 Å². The highest BCUT2D eigenvalue weighted by Gasteiger charge is 2.18. The van der Waals surface area contributed by atoms with Crippen molar-refractivity contribution in [3.8, 4) is 0 Å². The van der Waals surface area contributed by atoms with Gasteiger partial charge in [-0.15, -0.1) is 11.3 Å². The van der Waals surface area contributed by atoms with Gasteiger partial charge in [0.15, 0.2) is 5.58 Å². The summed E-state index contributed by atoms with van der Waals surface area (Å²) in [6, 6.07) is 16.3. The molecule has 0 aliphatic carbocycles. The second-order valence-electron chi connectivity index (χ2n) is 5.69. The van der Waals surface area contributed by atoms with Gasteiger partial charge in [0.05, 0.1) is 22.8 Å². The van der Waals surface area contributed by atoms with Crippen molar-refractivity contribution in [3.05, 3.63) is 59.4 Å². The predicted molar refractivity (Wildman–Crippen MR) is 93.5 cm³/mol. The monoisotopic (exact) mass is 323 g/mol. The minimum Gasteiger partial charge on any atom is -0.439 e. The van der Waals surface area contributed by atoms with Crippen molar-refractivity contribution in [3.63, 3.8) is 0 Å². The number of fused-ring (bicyclic) bond motifs is 2. The van der Waals surface area contributed by atoms with Gasteiger partial charge in [-0.25, -0.2) is 9.97 Å². The van der Waals surface area contributed by atoms with Crippen LogP contribution in [0.5, 0.6) is 0 Å². The van der Waals surface area contributed by atoms with E-state index in [0.29, 0.717) is 6.54 Å². The summed E-state index contributed by atoms with van der Waals surface area (Å²) in [4.78, 5) is 11.5. The first kappa shape index (κ1) is 14.4. The van der Waals surface area contributed by atoms with E-state index in [1.807, 2.05) is 30.3 Å². The number of aromatic nitrogens is 2. The number of hydrogen-bond donors (Lipinski definition) is 0. The van der Waals surface area contributed by atoms with E-state index in [1.54, 1.807) is 11.3 Å². The van der Waals surface area contributed by atoms with E-state index >= 15 is 0 Å². The van der Waals surface area contributed by atoms with E-state index in [1.165, 1.54) is 4.70 Å². The van der Waals surface area contributed by atoms with E-state index in [-0.39, 0.29) is 6.04 Å². The van der Waals surface area contributed by atoms with E-state index in [9.17, 15) is 0 Å². The summed E-state index contributed by atoms with van der Waals surface area (Å²) in [7, 11) is 2.07. The number of rotatable bonds is 4. The van der Waals surface area contributed by atoms with Gasteiger partial charge in [-0.2, -0.15) is 0 Å². The molecule has 0 N–H and O–H groups in total. The molecule has 2 aromatic heterocycles. The minimum atomic E-state index is 0.211. The van der Waals surface area contributed by atoms with E-state index in [4.69, 9.17) is 9.40 Å². The zero-order chi connectivity index (χ0) is 15.8. The van der Waals surface area contributed by atoms with Gasteiger partial charge >= 0.3 is 0 Å². The minimum absolute atomic E-state index is 0.211. The van der Waals surface area contributed by atoms with Crippen LogP contribution in [0.3, 0.4) is 0 Å². The van der Waals surface area contributed by atoms with Crippen molar-refractivity contribution >= 4 is 32.7 Å². The summed E-state index contributed by atoms with van der Waals surface area (Å²) < 4.78 is 7.04. The van der Waals surface area contributed by atoms with Gasteiger partial charge in [0.1, 0.15) is 10.5 Å². The number of benzene rings is 2. The largest absolute Gasteiger partial charge is 0.439 e. The number of oxazole rings is 1. The zero-order valence-corrected chi connectivity index (χ0v) is 13.9. The Bertz CT molecular complexity index is 893. The van der Waals surface area contributed by atoms with Gasteiger partial charge in [-0.05, 0) is 38.2 Å². The molecule has 1 atom stereocenters. The van der Waals surface area contributed by atoms with Crippen molar-refractivity contribution in [1.29, 1.82) is 0 Å². The molecule has 116 valence electrons. The third-order valence-electron chi connectivity index (χ3n) is 4.05. The maximum Gasteiger partial charge on any atom is 0.209 e. The van der Waals surface area contributed by atoms with E-state index in [2.05, 4.69) is 42.1 Å². The molecule has 0 spiro atoms. The highest BCUT2D eigenvalue weighted by atomic mass is 32.1. The Labute approximate surface area is 138 Å². The lowest BCUT2D eigenvalue weighted by atomic mass is 10.3. The Morgan fingerprint density at radius 3 is 2.57 bits per heavy atom. The highest BCUT2D eigenvalue weighted by Crippen LogP contribution is 2.29. The van der Waals surface area contributed by atoms with Crippen LogP contribution in [0.1, 0.15) is 23.9 Å². The summed E-state index contributed by atoms with van der Waals surface area (Å²) in [5.41, 5.74) is 2.81. The molecular weight excluding hydrogens is 306 g/mol. The van der Waals surface area contributed by atoms with Crippen LogP contribution in [-0.4, -0.2) is 21.9 Å². The molecule has 0 amide bonds. The van der Waals surface area contributed by atoms with Gasteiger partial charge < -0.3 is 4.42 Å².